The number of nitrogens with zero attached hydrogens (tertiary/aromatic N) is 1. The van der Waals surface area contributed by atoms with Crippen molar-refractivity contribution in [3.05, 3.63) is 12.7 Å². The zero-order valence-electron chi connectivity index (χ0n) is 11.0. The summed E-state index contributed by atoms with van der Waals surface area (Å²) in [5.74, 6) is 0.0715. The van der Waals surface area contributed by atoms with Crippen LogP contribution in [0.4, 0.5) is 0 Å². The molecule has 0 spiro atoms. The first-order valence-electron chi connectivity index (χ1n) is 6.42. The summed E-state index contributed by atoms with van der Waals surface area (Å²) in [6.45, 7) is 6.08. The molecular weight excluding hydrogens is 214 g/mol. The van der Waals surface area contributed by atoms with E-state index in [1.165, 1.54) is 0 Å². The number of carbonyl (C=O) groups excluding carboxylic acids is 1. The van der Waals surface area contributed by atoms with Gasteiger partial charge < -0.3 is 11.1 Å². The van der Waals surface area contributed by atoms with E-state index in [2.05, 4.69) is 16.8 Å². The third-order valence-corrected chi connectivity index (χ3v) is 3.73. The number of nitrogens with one attached hydrogen (secondary N) is 1. The van der Waals surface area contributed by atoms with Gasteiger partial charge in [-0.25, -0.2) is 0 Å². The van der Waals surface area contributed by atoms with Gasteiger partial charge in [-0.3, -0.25) is 9.69 Å². The molecule has 0 aromatic heterocycles. The van der Waals surface area contributed by atoms with E-state index < -0.39 is 0 Å². The second-order valence-corrected chi connectivity index (χ2v) is 4.94. The minimum Gasteiger partial charge on any atom is -0.351 e. The van der Waals surface area contributed by atoms with Crippen LogP contribution >= 0.6 is 0 Å². The quantitative estimate of drug-likeness (QED) is 0.700. The number of rotatable bonds is 5. The molecule has 1 rings (SSSR count). The second kappa shape index (κ2) is 6.77. The highest BCUT2D eigenvalue weighted by atomic mass is 16.2. The molecule has 0 heterocycles. The molecule has 0 radical (unpaired) electrons. The largest absolute Gasteiger partial charge is 0.351 e. The lowest BCUT2D eigenvalue weighted by molar-refractivity contribution is -0.126. The van der Waals surface area contributed by atoms with E-state index in [0.717, 1.165) is 25.7 Å². The lowest BCUT2D eigenvalue weighted by Gasteiger charge is -2.36. The molecule has 1 fully saturated rings. The normalized spacial score (nSPS) is 26.6. The van der Waals surface area contributed by atoms with Crippen LogP contribution in [0.2, 0.25) is 0 Å². The summed E-state index contributed by atoms with van der Waals surface area (Å²) < 4.78 is 0. The Hall–Kier alpha value is -0.870. The molecule has 1 aliphatic rings. The van der Waals surface area contributed by atoms with Gasteiger partial charge in [0.15, 0.2) is 0 Å². The fourth-order valence-corrected chi connectivity index (χ4v) is 2.33. The highest BCUT2D eigenvalue weighted by molar-refractivity contribution is 5.81. The SMILES string of the molecule is C=CCNC(=O)C(C)N(C)C1CCC(N)CC1. The first kappa shape index (κ1) is 14.2. The summed E-state index contributed by atoms with van der Waals surface area (Å²) in [6, 6.07) is 0.748. The maximum atomic E-state index is 11.8. The van der Waals surface area contributed by atoms with E-state index in [9.17, 15) is 4.79 Å². The zero-order chi connectivity index (χ0) is 12.8. The Morgan fingerprint density at radius 1 is 1.53 bits per heavy atom. The summed E-state index contributed by atoms with van der Waals surface area (Å²) in [6.07, 6.45) is 6.02. The van der Waals surface area contributed by atoms with Gasteiger partial charge in [0, 0.05) is 18.6 Å². The van der Waals surface area contributed by atoms with Crippen LogP contribution < -0.4 is 11.1 Å². The minimum absolute atomic E-state index is 0.0715. The van der Waals surface area contributed by atoms with Crippen LogP contribution in [0, 0.1) is 0 Å². The molecule has 0 saturated heterocycles. The van der Waals surface area contributed by atoms with Crippen molar-refractivity contribution in [2.75, 3.05) is 13.6 Å². The van der Waals surface area contributed by atoms with Crippen LogP contribution in [0.3, 0.4) is 0 Å². The van der Waals surface area contributed by atoms with Gasteiger partial charge in [0.1, 0.15) is 0 Å². The average molecular weight is 239 g/mol. The minimum atomic E-state index is -0.0886. The fraction of sp³-hybridized carbons (Fsp3) is 0.769. The highest BCUT2D eigenvalue weighted by Gasteiger charge is 2.27. The highest BCUT2D eigenvalue weighted by Crippen LogP contribution is 2.22. The van der Waals surface area contributed by atoms with Crippen molar-refractivity contribution < 1.29 is 4.79 Å². The maximum absolute atomic E-state index is 11.8. The van der Waals surface area contributed by atoms with Crippen LogP contribution in [0.15, 0.2) is 12.7 Å². The van der Waals surface area contributed by atoms with Crippen LogP contribution in [0.5, 0.6) is 0 Å². The van der Waals surface area contributed by atoms with Gasteiger partial charge in [-0.2, -0.15) is 0 Å². The first-order chi connectivity index (χ1) is 8.06. The van der Waals surface area contributed by atoms with Crippen LogP contribution in [-0.4, -0.2) is 42.5 Å². The van der Waals surface area contributed by atoms with Crippen molar-refractivity contribution in [3.63, 3.8) is 0 Å². The van der Waals surface area contributed by atoms with E-state index in [1.54, 1.807) is 6.08 Å². The number of amides is 1. The predicted molar refractivity (Wildman–Crippen MR) is 70.7 cm³/mol. The summed E-state index contributed by atoms with van der Waals surface area (Å²) in [7, 11) is 2.03. The molecule has 1 aliphatic carbocycles. The van der Waals surface area contributed by atoms with Gasteiger partial charge >= 0.3 is 0 Å². The van der Waals surface area contributed by atoms with E-state index >= 15 is 0 Å². The van der Waals surface area contributed by atoms with Gasteiger partial charge in [0.25, 0.3) is 0 Å². The average Bonchev–Trinajstić information content (AvgIpc) is 2.35. The molecule has 0 aromatic rings. The molecular formula is C13H25N3O. The monoisotopic (exact) mass is 239 g/mol. The molecule has 1 unspecified atom stereocenters. The fourth-order valence-electron chi connectivity index (χ4n) is 2.33. The molecule has 1 saturated carbocycles. The smallest absolute Gasteiger partial charge is 0.237 e. The Kier molecular flexibility index (Phi) is 5.65. The molecule has 17 heavy (non-hydrogen) atoms. The summed E-state index contributed by atoms with van der Waals surface area (Å²) >= 11 is 0. The van der Waals surface area contributed by atoms with Crippen LogP contribution in [0.25, 0.3) is 0 Å². The zero-order valence-corrected chi connectivity index (χ0v) is 11.0. The van der Waals surface area contributed by atoms with Gasteiger partial charge in [-0.1, -0.05) is 6.08 Å². The Morgan fingerprint density at radius 2 is 2.12 bits per heavy atom. The summed E-state index contributed by atoms with van der Waals surface area (Å²) in [4.78, 5) is 14.0. The first-order valence-corrected chi connectivity index (χ1v) is 6.42. The molecule has 98 valence electrons. The molecule has 0 aliphatic heterocycles. The topological polar surface area (TPSA) is 58.4 Å². The molecule has 4 nitrogen and oxygen atoms in total. The number of nitrogens with two attached hydrogens (primary N) is 1. The van der Waals surface area contributed by atoms with Crippen molar-refractivity contribution in [1.29, 1.82) is 0 Å². The van der Waals surface area contributed by atoms with Gasteiger partial charge in [0.2, 0.25) is 5.91 Å². The van der Waals surface area contributed by atoms with Crippen molar-refractivity contribution in [2.45, 2.75) is 50.7 Å². The van der Waals surface area contributed by atoms with Gasteiger partial charge in [0.05, 0.1) is 6.04 Å². The van der Waals surface area contributed by atoms with Crippen LogP contribution in [0.1, 0.15) is 32.6 Å². The van der Waals surface area contributed by atoms with Crippen molar-refractivity contribution in [1.82, 2.24) is 10.2 Å². The molecule has 0 bridgehead atoms. The van der Waals surface area contributed by atoms with Crippen molar-refractivity contribution in [3.8, 4) is 0 Å². The van der Waals surface area contributed by atoms with Crippen LogP contribution in [-0.2, 0) is 4.79 Å². The van der Waals surface area contributed by atoms with E-state index in [-0.39, 0.29) is 11.9 Å². The molecule has 0 aromatic carbocycles. The number of hydrogen-bond acceptors (Lipinski definition) is 3. The van der Waals surface area contributed by atoms with E-state index in [0.29, 0.717) is 18.6 Å². The van der Waals surface area contributed by atoms with E-state index in [1.807, 2.05) is 14.0 Å². The predicted octanol–water partition coefficient (Wildman–Crippen LogP) is 0.879. The molecule has 4 heteroatoms. The number of likely N-dealkylation sites (N-methyl/N-ethyl adjacent to an activating group) is 1. The van der Waals surface area contributed by atoms with Crippen molar-refractivity contribution in [2.24, 2.45) is 5.73 Å². The van der Waals surface area contributed by atoms with E-state index in [4.69, 9.17) is 5.73 Å². The molecule has 3 N–H and O–H groups in total. The Balaban J connectivity index is 2.42. The Bertz CT molecular complexity index is 259. The third kappa shape index (κ3) is 4.13. The second-order valence-electron chi connectivity index (χ2n) is 4.94. The van der Waals surface area contributed by atoms with Crippen molar-refractivity contribution >= 4 is 5.91 Å². The lowest BCUT2D eigenvalue weighted by Crippen LogP contribution is -2.49. The number of carbonyl (C=O) groups is 1. The van der Waals surface area contributed by atoms with Gasteiger partial charge in [-0.15, -0.1) is 6.58 Å². The summed E-state index contributed by atoms with van der Waals surface area (Å²) in [5.41, 5.74) is 5.89. The molecule has 1 atom stereocenters. The Morgan fingerprint density at radius 3 is 2.65 bits per heavy atom. The number of hydrogen-bond donors (Lipinski definition) is 2. The third-order valence-electron chi connectivity index (χ3n) is 3.73. The lowest BCUT2D eigenvalue weighted by atomic mass is 9.90. The standard InChI is InChI=1S/C13H25N3O/c1-4-9-15-13(17)10(2)16(3)12-7-5-11(14)6-8-12/h4,10-12H,1,5-9,14H2,2-3H3,(H,15,17). The Labute approximate surface area is 104 Å². The molecule has 1 amide bonds. The maximum Gasteiger partial charge on any atom is 0.237 e. The van der Waals surface area contributed by atoms with Gasteiger partial charge in [-0.05, 0) is 39.7 Å². The summed E-state index contributed by atoms with van der Waals surface area (Å²) in [5, 5.41) is 2.84.